The van der Waals surface area contributed by atoms with Crippen LogP contribution < -0.4 is 9.62 Å². The lowest BCUT2D eigenvalue weighted by molar-refractivity contribution is -0.140. The van der Waals surface area contributed by atoms with Crippen molar-refractivity contribution in [3.8, 4) is 0 Å². The molecule has 0 saturated carbocycles. The minimum absolute atomic E-state index is 0.115. The largest absolute Gasteiger partial charge is 0.352 e. The second-order valence-electron chi connectivity index (χ2n) is 9.65. The number of halogens is 4. The van der Waals surface area contributed by atoms with E-state index in [9.17, 15) is 26.8 Å². The van der Waals surface area contributed by atoms with Crippen LogP contribution in [0.4, 0.5) is 14.5 Å². The van der Waals surface area contributed by atoms with Gasteiger partial charge in [-0.05, 0) is 48.7 Å². The molecule has 0 radical (unpaired) electrons. The number of amides is 2. The highest BCUT2D eigenvalue weighted by atomic mass is 35.5. The minimum atomic E-state index is -4.14. The standard InChI is InChI=1S/C29H31Cl2F2N3O4S/c1-4-19(2)34-29(38)27(14-20-8-6-5-7-9-20)35(17-21-10-11-22(30)15-24(21)31)28(37)18-36(41(3,39)40)23-12-13-25(32)26(33)16-23/h5-13,15-16,19,27H,4,14,17-18H2,1-3H3,(H,34,38)/t19-,27-/m1/s1. The normalized spacial score (nSPS) is 12.9. The van der Waals surface area contributed by atoms with Crippen LogP contribution in [-0.2, 0) is 32.6 Å². The van der Waals surface area contributed by atoms with Crippen LogP contribution in [0.15, 0.2) is 66.7 Å². The Morgan fingerprint density at radius 2 is 1.66 bits per heavy atom. The van der Waals surface area contributed by atoms with Gasteiger partial charge >= 0.3 is 0 Å². The molecule has 220 valence electrons. The highest BCUT2D eigenvalue weighted by Crippen LogP contribution is 2.26. The van der Waals surface area contributed by atoms with E-state index >= 15 is 0 Å². The summed E-state index contributed by atoms with van der Waals surface area (Å²) in [6.45, 7) is 2.79. The molecule has 0 fully saturated rings. The first kappa shape index (κ1) is 32.3. The van der Waals surface area contributed by atoms with Crippen molar-refractivity contribution >= 4 is 50.7 Å². The lowest BCUT2D eigenvalue weighted by atomic mass is 10.0. The second-order valence-corrected chi connectivity index (χ2v) is 12.4. The summed E-state index contributed by atoms with van der Waals surface area (Å²) in [7, 11) is -4.14. The third-order valence-electron chi connectivity index (χ3n) is 6.50. The number of carbonyl (C=O) groups excluding carboxylic acids is 2. The summed E-state index contributed by atoms with van der Waals surface area (Å²) in [5.41, 5.74) is 0.989. The maximum absolute atomic E-state index is 14.0. The molecular formula is C29H31Cl2F2N3O4S. The minimum Gasteiger partial charge on any atom is -0.352 e. The van der Waals surface area contributed by atoms with Crippen molar-refractivity contribution in [3.63, 3.8) is 0 Å². The topological polar surface area (TPSA) is 86.8 Å². The van der Waals surface area contributed by atoms with Gasteiger partial charge in [0.1, 0.15) is 12.6 Å². The van der Waals surface area contributed by atoms with E-state index in [4.69, 9.17) is 23.2 Å². The molecule has 0 unspecified atom stereocenters. The molecule has 0 heterocycles. The molecule has 3 aromatic rings. The molecule has 0 bridgehead atoms. The first-order valence-corrected chi connectivity index (χ1v) is 15.4. The van der Waals surface area contributed by atoms with Crippen molar-refractivity contribution < 1.29 is 26.8 Å². The zero-order valence-electron chi connectivity index (χ0n) is 22.8. The van der Waals surface area contributed by atoms with Crippen molar-refractivity contribution in [2.24, 2.45) is 0 Å². The van der Waals surface area contributed by atoms with Gasteiger partial charge in [-0.15, -0.1) is 0 Å². The molecule has 0 aliphatic heterocycles. The Kier molecular flexibility index (Phi) is 11.1. The molecule has 2 atom stereocenters. The Balaban J connectivity index is 2.10. The smallest absolute Gasteiger partial charge is 0.244 e. The summed E-state index contributed by atoms with van der Waals surface area (Å²) < 4.78 is 53.8. The molecule has 3 rings (SSSR count). The quantitative estimate of drug-likeness (QED) is 0.284. The maximum atomic E-state index is 14.0. The van der Waals surface area contributed by atoms with Gasteiger partial charge in [0, 0.05) is 35.1 Å². The molecule has 3 aromatic carbocycles. The van der Waals surface area contributed by atoms with Gasteiger partial charge in [0.25, 0.3) is 0 Å². The zero-order valence-corrected chi connectivity index (χ0v) is 25.1. The first-order chi connectivity index (χ1) is 19.3. The Hall–Kier alpha value is -3.21. The molecule has 1 N–H and O–H groups in total. The van der Waals surface area contributed by atoms with Crippen molar-refractivity contribution in [3.05, 3.63) is 99.5 Å². The molecule has 0 aliphatic carbocycles. The van der Waals surface area contributed by atoms with E-state index in [2.05, 4.69) is 5.32 Å². The van der Waals surface area contributed by atoms with Crippen molar-refractivity contribution in [1.29, 1.82) is 0 Å². The van der Waals surface area contributed by atoms with Gasteiger partial charge in [-0.25, -0.2) is 17.2 Å². The fourth-order valence-electron chi connectivity index (χ4n) is 4.08. The predicted octanol–water partition coefficient (Wildman–Crippen LogP) is 5.59. The number of rotatable bonds is 12. The van der Waals surface area contributed by atoms with E-state index in [0.29, 0.717) is 27.4 Å². The molecular weight excluding hydrogens is 595 g/mol. The van der Waals surface area contributed by atoms with Gasteiger partial charge < -0.3 is 10.2 Å². The summed E-state index contributed by atoms with van der Waals surface area (Å²) in [5.74, 6) is -3.65. The monoisotopic (exact) mass is 625 g/mol. The second kappa shape index (κ2) is 14.1. The highest BCUT2D eigenvalue weighted by Gasteiger charge is 2.34. The molecule has 41 heavy (non-hydrogen) atoms. The molecule has 2 amide bonds. The lowest BCUT2D eigenvalue weighted by Gasteiger charge is -2.34. The number of sulfonamides is 1. The van der Waals surface area contributed by atoms with E-state index in [0.717, 1.165) is 24.0 Å². The summed E-state index contributed by atoms with van der Waals surface area (Å²) in [4.78, 5) is 28.9. The number of anilines is 1. The SMILES string of the molecule is CC[C@@H](C)NC(=O)[C@@H](Cc1ccccc1)N(Cc1ccc(Cl)cc1Cl)C(=O)CN(c1ccc(F)c(F)c1)S(C)(=O)=O. The van der Waals surface area contributed by atoms with E-state index in [1.54, 1.807) is 24.3 Å². The number of nitrogens with zero attached hydrogens (tertiary/aromatic N) is 2. The van der Waals surface area contributed by atoms with Crippen LogP contribution in [-0.4, -0.2) is 50.0 Å². The Bertz CT molecular complexity index is 1490. The molecule has 0 aromatic heterocycles. The van der Waals surface area contributed by atoms with Crippen LogP contribution in [0.25, 0.3) is 0 Å². The number of hydrogen-bond donors (Lipinski definition) is 1. The van der Waals surface area contributed by atoms with Crippen LogP contribution in [0.5, 0.6) is 0 Å². The Morgan fingerprint density at radius 3 is 2.24 bits per heavy atom. The van der Waals surface area contributed by atoms with Gasteiger partial charge in [0.15, 0.2) is 11.6 Å². The van der Waals surface area contributed by atoms with Crippen molar-refractivity contribution in [2.75, 3.05) is 17.1 Å². The molecule has 7 nitrogen and oxygen atoms in total. The summed E-state index contributed by atoms with van der Waals surface area (Å²) in [6, 6.07) is 15.0. The molecule has 0 saturated heterocycles. The zero-order chi connectivity index (χ0) is 30.3. The third-order valence-corrected chi connectivity index (χ3v) is 8.23. The summed E-state index contributed by atoms with van der Waals surface area (Å²) in [6.07, 6.45) is 1.60. The van der Waals surface area contributed by atoms with Crippen molar-refractivity contribution in [1.82, 2.24) is 10.2 Å². The average molecular weight is 627 g/mol. The number of nitrogens with one attached hydrogen (secondary N) is 1. The van der Waals surface area contributed by atoms with Crippen LogP contribution in [0.2, 0.25) is 10.0 Å². The highest BCUT2D eigenvalue weighted by molar-refractivity contribution is 7.92. The number of carbonyl (C=O) groups is 2. The predicted molar refractivity (Wildman–Crippen MR) is 157 cm³/mol. The van der Waals surface area contributed by atoms with Gasteiger partial charge in [-0.3, -0.25) is 13.9 Å². The molecule has 12 heteroatoms. The average Bonchev–Trinajstić information content (AvgIpc) is 2.91. The van der Waals surface area contributed by atoms with E-state index in [1.807, 2.05) is 32.0 Å². The molecule has 0 aliphatic rings. The van der Waals surface area contributed by atoms with E-state index < -0.39 is 46.1 Å². The van der Waals surface area contributed by atoms with Crippen LogP contribution in [0.3, 0.4) is 0 Å². The van der Waals surface area contributed by atoms with E-state index in [1.165, 1.54) is 11.0 Å². The van der Waals surface area contributed by atoms with Gasteiger partial charge in [0.2, 0.25) is 21.8 Å². The van der Waals surface area contributed by atoms with Crippen LogP contribution in [0, 0.1) is 11.6 Å². The van der Waals surface area contributed by atoms with Crippen LogP contribution in [0.1, 0.15) is 31.4 Å². The Morgan fingerprint density at radius 1 is 0.976 bits per heavy atom. The van der Waals surface area contributed by atoms with Gasteiger partial charge in [-0.1, -0.05) is 66.5 Å². The maximum Gasteiger partial charge on any atom is 0.244 e. The van der Waals surface area contributed by atoms with E-state index in [-0.39, 0.29) is 29.7 Å². The fraction of sp³-hybridized carbons (Fsp3) is 0.310. The van der Waals surface area contributed by atoms with Crippen molar-refractivity contribution in [2.45, 2.75) is 45.3 Å². The van der Waals surface area contributed by atoms with Crippen LogP contribution >= 0.6 is 23.2 Å². The summed E-state index contributed by atoms with van der Waals surface area (Å²) >= 11 is 12.5. The number of hydrogen-bond acceptors (Lipinski definition) is 4. The van der Waals surface area contributed by atoms with Gasteiger partial charge in [-0.2, -0.15) is 0 Å². The lowest BCUT2D eigenvalue weighted by Crippen LogP contribution is -2.54. The number of benzene rings is 3. The third kappa shape index (κ3) is 8.89. The first-order valence-electron chi connectivity index (χ1n) is 12.8. The van der Waals surface area contributed by atoms with Gasteiger partial charge in [0.05, 0.1) is 11.9 Å². The summed E-state index contributed by atoms with van der Waals surface area (Å²) in [5, 5.41) is 3.53. The fourth-order valence-corrected chi connectivity index (χ4v) is 5.39. The molecule has 0 spiro atoms. The Labute approximate surface area is 249 Å².